The van der Waals surface area contributed by atoms with E-state index in [-0.39, 0.29) is 0 Å². The molecule has 1 aliphatic carbocycles. The molecule has 0 atom stereocenters. The summed E-state index contributed by atoms with van der Waals surface area (Å²) in [6, 6.07) is 0.625. The van der Waals surface area contributed by atoms with Crippen LogP contribution in [-0.4, -0.2) is 38.1 Å². The molecule has 0 aromatic heterocycles. The normalized spacial score (nSPS) is 20.8. The van der Waals surface area contributed by atoms with Gasteiger partial charge in [-0.3, -0.25) is 0 Å². The largest absolute Gasteiger partial charge is 0.314 e. The Bertz CT molecular complexity index is 148. The molecule has 13 heavy (non-hydrogen) atoms. The van der Waals surface area contributed by atoms with Crippen molar-refractivity contribution in [1.29, 1.82) is 0 Å². The van der Waals surface area contributed by atoms with Crippen LogP contribution in [0.5, 0.6) is 0 Å². The van der Waals surface area contributed by atoms with Crippen LogP contribution in [0.2, 0.25) is 0 Å². The Balaban J connectivity index is 2.31. The third-order valence-corrected chi connectivity index (χ3v) is 2.95. The summed E-state index contributed by atoms with van der Waals surface area (Å²) in [7, 11) is 4.35. The second-order valence-corrected chi connectivity index (χ2v) is 5.13. The zero-order valence-corrected chi connectivity index (χ0v) is 9.56. The van der Waals surface area contributed by atoms with E-state index in [2.05, 4.69) is 38.2 Å². The summed E-state index contributed by atoms with van der Waals surface area (Å²) in [6.07, 6.45) is 4.24. The van der Waals surface area contributed by atoms with Gasteiger partial charge in [0.2, 0.25) is 0 Å². The molecule has 1 fully saturated rings. The molecule has 0 spiro atoms. The summed E-state index contributed by atoms with van der Waals surface area (Å²) >= 11 is 0. The fourth-order valence-electron chi connectivity index (χ4n) is 2.16. The summed E-state index contributed by atoms with van der Waals surface area (Å²) in [6.45, 7) is 6.89. The van der Waals surface area contributed by atoms with Gasteiger partial charge in [-0.1, -0.05) is 20.3 Å². The van der Waals surface area contributed by atoms with E-state index < -0.39 is 0 Å². The molecule has 1 aliphatic rings. The van der Waals surface area contributed by atoms with E-state index in [0.29, 0.717) is 11.5 Å². The number of hydrogen-bond donors (Lipinski definition) is 1. The molecule has 1 saturated carbocycles. The van der Waals surface area contributed by atoms with Crippen molar-refractivity contribution in [1.82, 2.24) is 10.2 Å². The van der Waals surface area contributed by atoms with Crippen molar-refractivity contribution < 1.29 is 0 Å². The number of nitrogens with zero attached hydrogens (tertiary/aromatic N) is 1. The van der Waals surface area contributed by atoms with Crippen LogP contribution in [0.3, 0.4) is 0 Å². The Kier molecular flexibility index (Phi) is 3.74. The maximum atomic E-state index is 3.57. The maximum absolute atomic E-state index is 3.57. The second kappa shape index (κ2) is 4.43. The van der Waals surface area contributed by atoms with Gasteiger partial charge in [-0.2, -0.15) is 0 Å². The Hall–Kier alpha value is -0.0800. The van der Waals surface area contributed by atoms with Crippen LogP contribution >= 0.6 is 0 Å². The molecule has 0 aliphatic heterocycles. The summed E-state index contributed by atoms with van der Waals surface area (Å²) in [5, 5.41) is 3.57. The van der Waals surface area contributed by atoms with E-state index >= 15 is 0 Å². The first-order valence-electron chi connectivity index (χ1n) is 5.42. The fourth-order valence-corrected chi connectivity index (χ4v) is 2.16. The van der Waals surface area contributed by atoms with Gasteiger partial charge in [-0.25, -0.2) is 0 Å². The van der Waals surface area contributed by atoms with E-state index in [4.69, 9.17) is 0 Å². The standard InChI is InChI=1S/C11H24N2/c1-10(2)12-8-11(6-5-7-11)9-13(3)4/h10,12H,5-9H2,1-4H3. The average Bonchev–Trinajstić information content (AvgIpc) is 1.93. The molecule has 2 heteroatoms. The molecular weight excluding hydrogens is 160 g/mol. The van der Waals surface area contributed by atoms with Gasteiger partial charge >= 0.3 is 0 Å². The van der Waals surface area contributed by atoms with Gasteiger partial charge in [0.1, 0.15) is 0 Å². The summed E-state index contributed by atoms with van der Waals surface area (Å²) < 4.78 is 0. The third-order valence-electron chi connectivity index (χ3n) is 2.95. The predicted molar refractivity (Wildman–Crippen MR) is 58.0 cm³/mol. The third kappa shape index (κ3) is 3.28. The van der Waals surface area contributed by atoms with Crippen molar-refractivity contribution in [2.45, 2.75) is 39.2 Å². The molecule has 0 bridgehead atoms. The highest BCUT2D eigenvalue weighted by atomic mass is 15.1. The van der Waals surface area contributed by atoms with Gasteiger partial charge in [0.15, 0.2) is 0 Å². The SMILES string of the molecule is CC(C)NCC1(CN(C)C)CCC1. The van der Waals surface area contributed by atoms with E-state index in [9.17, 15) is 0 Å². The van der Waals surface area contributed by atoms with Crippen LogP contribution in [0.15, 0.2) is 0 Å². The molecule has 0 radical (unpaired) electrons. The molecule has 1 N–H and O–H groups in total. The van der Waals surface area contributed by atoms with Crippen molar-refractivity contribution in [3.05, 3.63) is 0 Å². The van der Waals surface area contributed by atoms with Gasteiger partial charge in [-0.05, 0) is 32.4 Å². The lowest BCUT2D eigenvalue weighted by Crippen LogP contribution is -2.48. The van der Waals surface area contributed by atoms with Gasteiger partial charge in [0.25, 0.3) is 0 Å². The van der Waals surface area contributed by atoms with Crippen LogP contribution < -0.4 is 5.32 Å². The van der Waals surface area contributed by atoms with Crippen molar-refractivity contribution in [2.75, 3.05) is 27.2 Å². The molecule has 0 unspecified atom stereocenters. The van der Waals surface area contributed by atoms with Crippen LogP contribution in [0.25, 0.3) is 0 Å². The first-order valence-corrected chi connectivity index (χ1v) is 5.42. The van der Waals surface area contributed by atoms with Crippen LogP contribution in [0, 0.1) is 5.41 Å². The molecule has 0 aromatic rings. The predicted octanol–water partition coefficient (Wildman–Crippen LogP) is 1.72. The summed E-state index contributed by atoms with van der Waals surface area (Å²) in [5.41, 5.74) is 0.591. The molecular formula is C11H24N2. The molecule has 0 heterocycles. The quantitative estimate of drug-likeness (QED) is 0.700. The average molecular weight is 184 g/mol. The zero-order chi connectivity index (χ0) is 9.90. The minimum atomic E-state index is 0.591. The van der Waals surface area contributed by atoms with Gasteiger partial charge in [0, 0.05) is 19.1 Å². The Morgan fingerprint density at radius 2 is 1.92 bits per heavy atom. The van der Waals surface area contributed by atoms with Crippen LogP contribution in [-0.2, 0) is 0 Å². The summed E-state index contributed by atoms with van der Waals surface area (Å²) in [5.74, 6) is 0. The maximum Gasteiger partial charge on any atom is 0.00440 e. The zero-order valence-electron chi connectivity index (χ0n) is 9.56. The Morgan fingerprint density at radius 3 is 2.23 bits per heavy atom. The van der Waals surface area contributed by atoms with Crippen molar-refractivity contribution >= 4 is 0 Å². The first-order chi connectivity index (χ1) is 6.04. The molecule has 0 amide bonds. The highest BCUT2D eigenvalue weighted by Crippen LogP contribution is 2.40. The topological polar surface area (TPSA) is 15.3 Å². The molecule has 0 saturated heterocycles. The summed E-state index contributed by atoms with van der Waals surface area (Å²) in [4.78, 5) is 2.32. The number of nitrogens with one attached hydrogen (secondary N) is 1. The molecule has 2 nitrogen and oxygen atoms in total. The monoisotopic (exact) mass is 184 g/mol. The highest BCUT2D eigenvalue weighted by Gasteiger charge is 2.36. The van der Waals surface area contributed by atoms with Crippen molar-refractivity contribution in [3.63, 3.8) is 0 Å². The Morgan fingerprint density at radius 1 is 1.31 bits per heavy atom. The van der Waals surface area contributed by atoms with Gasteiger partial charge < -0.3 is 10.2 Å². The molecule has 0 aromatic carbocycles. The lowest BCUT2D eigenvalue weighted by atomic mass is 9.68. The lowest BCUT2D eigenvalue weighted by Gasteiger charge is -2.44. The van der Waals surface area contributed by atoms with Gasteiger partial charge in [-0.15, -0.1) is 0 Å². The smallest absolute Gasteiger partial charge is 0.00440 e. The Labute approximate surface area is 82.7 Å². The first kappa shape index (κ1) is 11.0. The highest BCUT2D eigenvalue weighted by molar-refractivity contribution is 4.91. The van der Waals surface area contributed by atoms with E-state index in [1.54, 1.807) is 0 Å². The van der Waals surface area contributed by atoms with Crippen molar-refractivity contribution in [2.24, 2.45) is 5.41 Å². The van der Waals surface area contributed by atoms with E-state index in [0.717, 1.165) is 0 Å². The molecule has 78 valence electrons. The van der Waals surface area contributed by atoms with Crippen molar-refractivity contribution in [3.8, 4) is 0 Å². The fraction of sp³-hybridized carbons (Fsp3) is 1.00. The minimum absolute atomic E-state index is 0.591. The van der Waals surface area contributed by atoms with Crippen LogP contribution in [0.1, 0.15) is 33.1 Å². The lowest BCUT2D eigenvalue weighted by molar-refractivity contribution is 0.0856. The van der Waals surface area contributed by atoms with Crippen LogP contribution in [0.4, 0.5) is 0 Å². The molecule has 1 rings (SSSR count). The second-order valence-electron chi connectivity index (χ2n) is 5.13. The number of hydrogen-bond acceptors (Lipinski definition) is 2. The van der Waals surface area contributed by atoms with Gasteiger partial charge in [0.05, 0.1) is 0 Å². The number of rotatable bonds is 5. The van der Waals surface area contributed by atoms with E-state index in [1.807, 2.05) is 0 Å². The minimum Gasteiger partial charge on any atom is -0.314 e. The van der Waals surface area contributed by atoms with E-state index in [1.165, 1.54) is 32.4 Å².